The second kappa shape index (κ2) is 11.5. The third-order valence-corrected chi connectivity index (χ3v) is 7.38. The minimum Gasteiger partial charge on any atom is -0.378 e. The second-order valence-corrected chi connectivity index (χ2v) is 10.4. The average molecular weight is 562 g/mol. The zero-order chi connectivity index (χ0) is 28.3. The summed E-state index contributed by atoms with van der Waals surface area (Å²) in [6.45, 7) is 3.26. The van der Waals surface area contributed by atoms with Crippen LogP contribution >= 0.6 is 0 Å². The van der Waals surface area contributed by atoms with Crippen molar-refractivity contribution in [2.75, 3.05) is 49.6 Å². The molecule has 2 saturated heterocycles. The molecule has 4 heterocycles. The van der Waals surface area contributed by atoms with Crippen molar-refractivity contribution in [2.45, 2.75) is 37.6 Å². The Balaban J connectivity index is 1.13. The van der Waals surface area contributed by atoms with Gasteiger partial charge in [-0.25, -0.2) is 0 Å². The van der Waals surface area contributed by atoms with Crippen LogP contribution in [-0.2, 0) is 4.74 Å². The number of hydrogen-bond acceptors (Lipinski definition) is 11. The number of nitrogens with two attached hydrogens (primary N) is 1. The van der Waals surface area contributed by atoms with E-state index in [2.05, 4.69) is 31.0 Å². The highest BCUT2D eigenvalue weighted by Crippen LogP contribution is 2.40. The number of morpholine rings is 1. The van der Waals surface area contributed by atoms with Crippen LogP contribution in [0.2, 0.25) is 0 Å². The van der Waals surface area contributed by atoms with Crippen molar-refractivity contribution in [3.63, 3.8) is 0 Å². The molecule has 3 aliphatic rings. The molecule has 14 heteroatoms. The monoisotopic (exact) mass is 561 g/mol. The van der Waals surface area contributed by atoms with Gasteiger partial charge in [-0.05, 0) is 49.9 Å². The molecule has 214 valence electrons. The molecule has 1 unspecified atom stereocenters. The van der Waals surface area contributed by atoms with E-state index >= 15 is 0 Å². The van der Waals surface area contributed by atoms with Gasteiger partial charge in [0.05, 0.1) is 13.2 Å². The molecule has 4 N–H and O–H groups in total. The second-order valence-electron chi connectivity index (χ2n) is 10.4. The summed E-state index contributed by atoms with van der Waals surface area (Å²) in [6.07, 6.45) is 3.70. The van der Waals surface area contributed by atoms with Crippen LogP contribution in [0.4, 0.5) is 17.5 Å². The SMILES string of the molecule is NC(=O)c1nnc(N2CCCC(NC(=O)c3cc(C4CC4)on3)C2)nc1Nc1ccc(C(=O)N2CCOCC2)cc1. The molecule has 14 nitrogen and oxygen atoms in total. The first-order chi connectivity index (χ1) is 19.9. The number of carbonyl (C=O) groups excluding carboxylic acids is 3. The first-order valence-corrected chi connectivity index (χ1v) is 13.8. The summed E-state index contributed by atoms with van der Waals surface area (Å²) in [6, 6.07) is 8.42. The van der Waals surface area contributed by atoms with E-state index in [-0.39, 0.29) is 35.1 Å². The minimum absolute atomic E-state index is 0.0673. The number of anilines is 3. The fraction of sp³-hybridized carbons (Fsp3) is 0.444. The maximum Gasteiger partial charge on any atom is 0.273 e. The van der Waals surface area contributed by atoms with Crippen LogP contribution in [0.15, 0.2) is 34.9 Å². The quantitative estimate of drug-likeness (QED) is 0.362. The number of nitrogens with one attached hydrogen (secondary N) is 2. The van der Waals surface area contributed by atoms with Crippen LogP contribution in [0.3, 0.4) is 0 Å². The van der Waals surface area contributed by atoms with E-state index in [9.17, 15) is 14.4 Å². The number of hydrogen-bond donors (Lipinski definition) is 3. The number of aromatic nitrogens is 4. The van der Waals surface area contributed by atoms with Crippen molar-refractivity contribution < 1.29 is 23.6 Å². The van der Waals surface area contributed by atoms with Gasteiger partial charge in [0.2, 0.25) is 5.95 Å². The van der Waals surface area contributed by atoms with Crippen molar-refractivity contribution in [1.29, 1.82) is 0 Å². The van der Waals surface area contributed by atoms with Gasteiger partial charge in [-0.1, -0.05) is 5.16 Å². The minimum atomic E-state index is -0.778. The molecule has 2 aliphatic heterocycles. The molecule has 3 fully saturated rings. The Kier molecular flexibility index (Phi) is 7.46. The fourth-order valence-electron chi connectivity index (χ4n) is 4.98. The normalized spacial score (nSPS) is 19.1. The van der Waals surface area contributed by atoms with Gasteiger partial charge in [-0.3, -0.25) is 14.4 Å². The zero-order valence-electron chi connectivity index (χ0n) is 22.4. The predicted molar refractivity (Wildman–Crippen MR) is 146 cm³/mol. The molecule has 1 aliphatic carbocycles. The highest BCUT2D eigenvalue weighted by molar-refractivity contribution is 5.97. The van der Waals surface area contributed by atoms with E-state index in [1.807, 2.05) is 4.90 Å². The Morgan fingerprint density at radius 1 is 1.00 bits per heavy atom. The Labute approximate surface area is 235 Å². The van der Waals surface area contributed by atoms with Crippen LogP contribution < -0.4 is 21.3 Å². The Bertz CT molecular complexity index is 1430. The van der Waals surface area contributed by atoms with E-state index in [1.54, 1.807) is 35.2 Å². The lowest BCUT2D eigenvalue weighted by Gasteiger charge is -2.32. The lowest BCUT2D eigenvalue weighted by molar-refractivity contribution is 0.0303. The largest absolute Gasteiger partial charge is 0.378 e. The number of nitrogens with zero attached hydrogens (tertiary/aromatic N) is 6. The van der Waals surface area contributed by atoms with E-state index in [0.717, 1.165) is 31.4 Å². The highest BCUT2D eigenvalue weighted by Gasteiger charge is 2.30. The molecule has 6 rings (SSSR count). The van der Waals surface area contributed by atoms with Crippen molar-refractivity contribution in [2.24, 2.45) is 5.73 Å². The topological polar surface area (TPSA) is 182 Å². The molecular formula is C27H31N9O5. The number of piperidine rings is 1. The standard InChI is InChI=1S/C27H31N9O5/c28-23(37)22-24(29-18-7-5-17(6-8-18)26(39)35-10-12-40-13-11-35)31-27(33-32-22)36-9-1-2-19(15-36)30-25(38)20-14-21(41-34-20)16-3-4-16/h5-8,14,16,19H,1-4,9-13,15H2,(H2,28,37)(H,30,38)(H,29,31,33). The van der Waals surface area contributed by atoms with Gasteiger partial charge < -0.3 is 35.4 Å². The maximum atomic E-state index is 12.8. The molecule has 0 radical (unpaired) electrons. The van der Waals surface area contributed by atoms with E-state index in [0.29, 0.717) is 62.5 Å². The number of carbonyl (C=O) groups is 3. The van der Waals surface area contributed by atoms with Gasteiger partial charge in [-0.2, -0.15) is 4.98 Å². The molecule has 3 amide bonds. The molecule has 1 aromatic carbocycles. The lowest BCUT2D eigenvalue weighted by atomic mass is 10.1. The van der Waals surface area contributed by atoms with Crippen molar-refractivity contribution in [3.05, 3.63) is 53.0 Å². The molecule has 0 bridgehead atoms. The van der Waals surface area contributed by atoms with Crippen LogP contribution in [-0.4, -0.2) is 88.4 Å². The predicted octanol–water partition coefficient (Wildman–Crippen LogP) is 1.45. The summed E-state index contributed by atoms with van der Waals surface area (Å²) < 4.78 is 10.6. The molecule has 41 heavy (non-hydrogen) atoms. The molecule has 1 saturated carbocycles. The highest BCUT2D eigenvalue weighted by atomic mass is 16.5. The Morgan fingerprint density at radius 3 is 2.51 bits per heavy atom. The Morgan fingerprint density at radius 2 is 1.78 bits per heavy atom. The van der Waals surface area contributed by atoms with E-state index in [4.69, 9.17) is 15.0 Å². The summed E-state index contributed by atoms with van der Waals surface area (Å²) in [5.74, 6) is 0.452. The van der Waals surface area contributed by atoms with Crippen LogP contribution in [0.5, 0.6) is 0 Å². The first-order valence-electron chi connectivity index (χ1n) is 13.8. The zero-order valence-corrected chi connectivity index (χ0v) is 22.4. The smallest absolute Gasteiger partial charge is 0.273 e. The first kappa shape index (κ1) is 26.6. The maximum absolute atomic E-state index is 12.8. The van der Waals surface area contributed by atoms with Gasteiger partial charge >= 0.3 is 0 Å². The van der Waals surface area contributed by atoms with Gasteiger partial charge in [0, 0.05) is 55.5 Å². The van der Waals surface area contributed by atoms with E-state index in [1.165, 1.54) is 0 Å². The number of ether oxygens (including phenoxy) is 1. The number of benzene rings is 1. The van der Waals surface area contributed by atoms with Crippen molar-refractivity contribution >= 4 is 35.2 Å². The van der Waals surface area contributed by atoms with Gasteiger partial charge in [-0.15, -0.1) is 10.2 Å². The summed E-state index contributed by atoms with van der Waals surface area (Å²) in [7, 11) is 0. The summed E-state index contributed by atoms with van der Waals surface area (Å²) in [5, 5.41) is 18.2. The summed E-state index contributed by atoms with van der Waals surface area (Å²) in [4.78, 5) is 45.8. The summed E-state index contributed by atoms with van der Waals surface area (Å²) >= 11 is 0. The number of amides is 3. The molecule has 1 atom stereocenters. The average Bonchev–Trinajstić information content (AvgIpc) is 3.73. The Hall–Kier alpha value is -4.59. The van der Waals surface area contributed by atoms with Crippen LogP contribution in [0.25, 0.3) is 0 Å². The third-order valence-electron chi connectivity index (χ3n) is 7.38. The van der Waals surface area contributed by atoms with Gasteiger partial charge in [0.1, 0.15) is 5.76 Å². The van der Waals surface area contributed by atoms with Crippen LogP contribution in [0.1, 0.15) is 68.7 Å². The van der Waals surface area contributed by atoms with Gasteiger partial charge in [0.25, 0.3) is 17.7 Å². The fourth-order valence-corrected chi connectivity index (χ4v) is 4.98. The van der Waals surface area contributed by atoms with Crippen molar-refractivity contribution in [1.82, 2.24) is 30.6 Å². The molecule has 0 spiro atoms. The van der Waals surface area contributed by atoms with E-state index < -0.39 is 5.91 Å². The number of rotatable bonds is 8. The summed E-state index contributed by atoms with van der Waals surface area (Å²) in [5.41, 5.74) is 6.85. The van der Waals surface area contributed by atoms with Gasteiger partial charge in [0.15, 0.2) is 17.2 Å². The molecule has 2 aromatic heterocycles. The van der Waals surface area contributed by atoms with Crippen molar-refractivity contribution in [3.8, 4) is 0 Å². The molecule has 3 aromatic rings. The van der Waals surface area contributed by atoms with Crippen LogP contribution in [0, 0.1) is 0 Å². The third kappa shape index (κ3) is 6.11. The lowest BCUT2D eigenvalue weighted by Crippen LogP contribution is -2.48. The molecular weight excluding hydrogens is 530 g/mol. The number of primary amides is 1.